The molecule has 0 aliphatic carbocycles. The van der Waals surface area contributed by atoms with Gasteiger partial charge in [-0.3, -0.25) is 0 Å². The highest BCUT2D eigenvalue weighted by molar-refractivity contribution is 5.68. The van der Waals surface area contributed by atoms with E-state index in [1.165, 1.54) is 0 Å². The Morgan fingerprint density at radius 1 is 1.42 bits per heavy atom. The van der Waals surface area contributed by atoms with E-state index in [1.54, 1.807) is 0 Å². The number of piperidine rings is 1. The predicted octanol–water partition coefficient (Wildman–Crippen LogP) is 2.38. The first-order valence-electron chi connectivity index (χ1n) is 6.89. The fourth-order valence-corrected chi connectivity index (χ4v) is 2.60. The molecule has 1 saturated heterocycles. The van der Waals surface area contributed by atoms with Crippen LogP contribution >= 0.6 is 0 Å². The largest absolute Gasteiger partial charge is 0.445 e. The van der Waals surface area contributed by atoms with Crippen LogP contribution in [0.4, 0.5) is 4.79 Å². The van der Waals surface area contributed by atoms with E-state index in [2.05, 4.69) is 6.92 Å². The lowest BCUT2D eigenvalue weighted by molar-refractivity contribution is 0.0557. The zero-order valence-corrected chi connectivity index (χ0v) is 11.4. The van der Waals surface area contributed by atoms with Gasteiger partial charge in [0.05, 0.1) is 0 Å². The average molecular weight is 262 g/mol. The standard InChI is InChI=1S/C15H22N2O2/c1-12-14(10-16)8-5-9-17(12)15(18)19-11-13-6-3-2-4-7-13/h2-4,6-7,12,14H,5,8-11,16H2,1H3/t12-,14+/m0/s1. The molecule has 1 amide bonds. The summed E-state index contributed by atoms with van der Waals surface area (Å²) in [4.78, 5) is 13.9. The van der Waals surface area contributed by atoms with Gasteiger partial charge in [-0.05, 0) is 37.8 Å². The Labute approximate surface area is 114 Å². The first kappa shape index (κ1) is 13.9. The van der Waals surface area contributed by atoms with Crippen molar-refractivity contribution in [1.82, 2.24) is 4.90 Å². The Morgan fingerprint density at radius 3 is 2.84 bits per heavy atom. The molecule has 4 nitrogen and oxygen atoms in total. The summed E-state index contributed by atoms with van der Waals surface area (Å²) in [7, 11) is 0. The number of ether oxygens (including phenoxy) is 1. The quantitative estimate of drug-likeness (QED) is 0.910. The van der Waals surface area contributed by atoms with Gasteiger partial charge in [-0.2, -0.15) is 0 Å². The molecule has 1 aliphatic rings. The fourth-order valence-electron chi connectivity index (χ4n) is 2.60. The number of carbonyl (C=O) groups excluding carboxylic acids is 1. The molecule has 1 heterocycles. The van der Waals surface area contributed by atoms with Crippen molar-refractivity contribution in [3.63, 3.8) is 0 Å². The summed E-state index contributed by atoms with van der Waals surface area (Å²) < 4.78 is 5.38. The molecule has 0 spiro atoms. The normalized spacial score (nSPS) is 23.2. The molecular formula is C15H22N2O2. The molecule has 0 saturated carbocycles. The topological polar surface area (TPSA) is 55.6 Å². The van der Waals surface area contributed by atoms with Crippen molar-refractivity contribution < 1.29 is 9.53 Å². The summed E-state index contributed by atoms with van der Waals surface area (Å²) in [5, 5.41) is 0. The van der Waals surface area contributed by atoms with E-state index in [0.29, 0.717) is 19.1 Å². The van der Waals surface area contributed by atoms with E-state index >= 15 is 0 Å². The number of hydrogen-bond donors (Lipinski definition) is 1. The van der Waals surface area contributed by atoms with Crippen molar-refractivity contribution in [2.45, 2.75) is 32.4 Å². The van der Waals surface area contributed by atoms with Crippen molar-refractivity contribution in [1.29, 1.82) is 0 Å². The van der Waals surface area contributed by atoms with Gasteiger partial charge < -0.3 is 15.4 Å². The van der Waals surface area contributed by atoms with E-state index in [9.17, 15) is 4.79 Å². The molecule has 104 valence electrons. The Kier molecular flexibility index (Phi) is 4.80. The van der Waals surface area contributed by atoms with Crippen molar-refractivity contribution in [3.05, 3.63) is 35.9 Å². The van der Waals surface area contributed by atoms with Gasteiger partial charge in [-0.15, -0.1) is 0 Å². The average Bonchev–Trinajstić information content (AvgIpc) is 2.46. The van der Waals surface area contributed by atoms with Crippen molar-refractivity contribution in [3.8, 4) is 0 Å². The monoisotopic (exact) mass is 262 g/mol. The summed E-state index contributed by atoms with van der Waals surface area (Å²) in [6.45, 7) is 3.78. The van der Waals surface area contributed by atoms with Crippen molar-refractivity contribution >= 4 is 6.09 Å². The molecule has 2 rings (SSSR count). The number of nitrogens with zero attached hydrogens (tertiary/aromatic N) is 1. The molecule has 1 aliphatic heterocycles. The lowest BCUT2D eigenvalue weighted by Crippen LogP contribution is -2.48. The smallest absolute Gasteiger partial charge is 0.410 e. The van der Waals surface area contributed by atoms with Crippen LogP contribution in [-0.2, 0) is 11.3 Å². The third-order valence-corrected chi connectivity index (χ3v) is 3.89. The van der Waals surface area contributed by atoms with Crippen molar-refractivity contribution in [2.24, 2.45) is 11.7 Å². The molecule has 1 aromatic rings. The molecule has 4 heteroatoms. The Balaban J connectivity index is 1.89. The maximum Gasteiger partial charge on any atom is 0.410 e. The van der Waals surface area contributed by atoms with Crippen LogP contribution in [0.3, 0.4) is 0 Å². The second-order valence-corrected chi connectivity index (χ2v) is 5.11. The molecule has 1 fully saturated rings. The molecule has 0 unspecified atom stereocenters. The van der Waals surface area contributed by atoms with E-state index in [4.69, 9.17) is 10.5 Å². The maximum absolute atomic E-state index is 12.1. The highest BCUT2D eigenvalue weighted by atomic mass is 16.6. The number of hydrogen-bond acceptors (Lipinski definition) is 3. The SMILES string of the molecule is C[C@H]1[C@@H](CN)CCCN1C(=O)OCc1ccccc1. The number of benzene rings is 1. The van der Waals surface area contributed by atoms with Crippen LogP contribution in [0.15, 0.2) is 30.3 Å². The number of likely N-dealkylation sites (tertiary alicyclic amines) is 1. The van der Waals surface area contributed by atoms with E-state index in [1.807, 2.05) is 35.2 Å². The van der Waals surface area contributed by atoms with Crippen LogP contribution in [0.5, 0.6) is 0 Å². The summed E-state index contributed by atoms with van der Waals surface area (Å²) >= 11 is 0. The number of rotatable bonds is 3. The van der Waals surface area contributed by atoms with E-state index in [-0.39, 0.29) is 12.1 Å². The number of amides is 1. The molecule has 0 aromatic heterocycles. The van der Waals surface area contributed by atoms with Gasteiger partial charge in [0.2, 0.25) is 0 Å². The zero-order valence-electron chi connectivity index (χ0n) is 11.4. The van der Waals surface area contributed by atoms with Crippen LogP contribution in [0.1, 0.15) is 25.3 Å². The molecule has 2 N–H and O–H groups in total. The molecule has 2 atom stereocenters. The highest BCUT2D eigenvalue weighted by Gasteiger charge is 2.31. The Bertz CT molecular complexity index is 408. The van der Waals surface area contributed by atoms with Crippen LogP contribution in [0, 0.1) is 5.92 Å². The Morgan fingerprint density at radius 2 is 2.16 bits per heavy atom. The molecule has 1 aromatic carbocycles. The minimum atomic E-state index is -0.227. The summed E-state index contributed by atoms with van der Waals surface area (Å²) in [5.41, 5.74) is 6.75. The van der Waals surface area contributed by atoms with E-state index in [0.717, 1.165) is 24.9 Å². The lowest BCUT2D eigenvalue weighted by Gasteiger charge is -2.38. The van der Waals surface area contributed by atoms with Crippen LogP contribution in [0.2, 0.25) is 0 Å². The molecule has 0 radical (unpaired) electrons. The van der Waals surface area contributed by atoms with E-state index < -0.39 is 0 Å². The third kappa shape index (κ3) is 3.47. The minimum absolute atomic E-state index is 0.169. The maximum atomic E-state index is 12.1. The summed E-state index contributed by atoms with van der Waals surface area (Å²) in [5.74, 6) is 0.387. The second-order valence-electron chi connectivity index (χ2n) is 5.11. The summed E-state index contributed by atoms with van der Waals surface area (Å²) in [6, 6.07) is 9.91. The second kappa shape index (κ2) is 6.57. The van der Waals surface area contributed by atoms with Crippen LogP contribution in [0.25, 0.3) is 0 Å². The fraction of sp³-hybridized carbons (Fsp3) is 0.533. The van der Waals surface area contributed by atoms with Gasteiger partial charge in [0, 0.05) is 12.6 Å². The lowest BCUT2D eigenvalue weighted by atomic mass is 9.91. The first-order valence-corrected chi connectivity index (χ1v) is 6.89. The number of nitrogens with two attached hydrogens (primary N) is 1. The van der Waals surface area contributed by atoms with Crippen molar-refractivity contribution in [2.75, 3.05) is 13.1 Å². The van der Waals surface area contributed by atoms with Gasteiger partial charge in [0.1, 0.15) is 6.61 Å². The first-order chi connectivity index (χ1) is 9.22. The van der Waals surface area contributed by atoms with Crippen LogP contribution < -0.4 is 5.73 Å². The molecule has 0 bridgehead atoms. The van der Waals surface area contributed by atoms with Crippen LogP contribution in [-0.4, -0.2) is 30.1 Å². The number of carbonyl (C=O) groups is 1. The van der Waals surface area contributed by atoms with Gasteiger partial charge in [0.15, 0.2) is 0 Å². The van der Waals surface area contributed by atoms with Gasteiger partial charge >= 0.3 is 6.09 Å². The highest BCUT2D eigenvalue weighted by Crippen LogP contribution is 2.23. The summed E-state index contributed by atoms with van der Waals surface area (Å²) in [6.07, 6.45) is 1.88. The van der Waals surface area contributed by atoms with Gasteiger partial charge in [-0.25, -0.2) is 4.79 Å². The Hall–Kier alpha value is -1.55. The predicted molar refractivity (Wildman–Crippen MR) is 74.6 cm³/mol. The minimum Gasteiger partial charge on any atom is -0.445 e. The zero-order chi connectivity index (χ0) is 13.7. The molecule has 19 heavy (non-hydrogen) atoms. The van der Waals surface area contributed by atoms with Gasteiger partial charge in [-0.1, -0.05) is 30.3 Å². The third-order valence-electron chi connectivity index (χ3n) is 3.89. The molecular weight excluding hydrogens is 240 g/mol. The van der Waals surface area contributed by atoms with Gasteiger partial charge in [0.25, 0.3) is 0 Å².